The lowest BCUT2D eigenvalue weighted by Gasteiger charge is -2.31. The molecule has 14 heteroatoms. The molecule has 2 aliphatic heterocycles. The van der Waals surface area contributed by atoms with Crippen LogP contribution in [0.3, 0.4) is 0 Å². The van der Waals surface area contributed by atoms with E-state index in [1.165, 1.54) is 18.2 Å². The number of aryl methyl sites for hydroxylation is 2. The van der Waals surface area contributed by atoms with Crippen molar-refractivity contribution >= 4 is 51.7 Å². The van der Waals surface area contributed by atoms with Crippen molar-refractivity contribution in [2.24, 2.45) is 5.73 Å². The second-order valence-electron chi connectivity index (χ2n) is 14.9. The number of anilines is 1. The van der Waals surface area contributed by atoms with Gasteiger partial charge >= 0.3 is 0 Å². The lowest BCUT2D eigenvalue weighted by molar-refractivity contribution is 0.0729. The molecule has 7 rings (SSSR count). The number of amides is 2. The van der Waals surface area contributed by atoms with Crippen molar-refractivity contribution in [2.45, 2.75) is 78.3 Å². The van der Waals surface area contributed by atoms with E-state index >= 15 is 4.39 Å². The highest BCUT2D eigenvalue weighted by molar-refractivity contribution is 6.38. The molecule has 0 spiro atoms. The molecular weight excluding hydrogens is 766 g/mol. The van der Waals surface area contributed by atoms with E-state index < -0.39 is 11.8 Å². The van der Waals surface area contributed by atoms with Crippen LogP contribution in [0.15, 0.2) is 60.8 Å². The highest BCUT2D eigenvalue weighted by atomic mass is 35.5. The van der Waals surface area contributed by atoms with Gasteiger partial charge in [-0.15, -0.1) is 0 Å². The third kappa shape index (κ3) is 9.10. The predicted molar refractivity (Wildman–Crippen MR) is 223 cm³/mol. The molecule has 1 atom stereocenters. The normalized spacial score (nSPS) is 16.6. The largest absolute Gasteiger partial charge is 0.381 e. The van der Waals surface area contributed by atoms with Crippen LogP contribution in [-0.2, 0) is 37.3 Å². The highest BCUT2D eigenvalue weighted by Crippen LogP contribution is 2.35. The second kappa shape index (κ2) is 17.9. The average molecular weight is 816 g/mol. The zero-order chi connectivity index (χ0) is 40.2. The number of halogens is 3. The van der Waals surface area contributed by atoms with Gasteiger partial charge < -0.3 is 26.0 Å². The van der Waals surface area contributed by atoms with Crippen molar-refractivity contribution in [3.8, 4) is 11.1 Å². The van der Waals surface area contributed by atoms with Gasteiger partial charge in [-0.25, -0.2) is 14.1 Å². The van der Waals surface area contributed by atoms with Gasteiger partial charge in [0.2, 0.25) is 5.91 Å². The van der Waals surface area contributed by atoms with Gasteiger partial charge in [-0.3, -0.25) is 14.5 Å². The summed E-state index contributed by atoms with van der Waals surface area (Å²) < 4.78 is 23.3. The maximum Gasteiger partial charge on any atom is 0.256 e. The van der Waals surface area contributed by atoms with Gasteiger partial charge in [0.25, 0.3) is 5.91 Å². The molecule has 4 heterocycles. The summed E-state index contributed by atoms with van der Waals surface area (Å²) in [5, 5.41) is 12.8. The molecule has 57 heavy (non-hydrogen) atoms. The average Bonchev–Trinajstić information content (AvgIpc) is 3.62. The molecule has 2 aromatic heterocycles. The van der Waals surface area contributed by atoms with Gasteiger partial charge in [-0.2, -0.15) is 5.10 Å². The van der Waals surface area contributed by atoms with Crippen LogP contribution < -0.4 is 16.4 Å². The first-order valence-corrected chi connectivity index (χ1v) is 20.4. The molecule has 0 unspecified atom stereocenters. The van der Waals surface area contributed by atoms with E-state index in [9.17, 15) is 9.59 Å². The molecule has 2 aliphatic rings. The Morgan fingerprint density at radius 1 is 1.04 bits per heavy atom. The number of hydrogen-bond acceptors (Lipinski definition) is 8. The molecule has 11 nitrogen and oxygen atoms in total. The molecule has 300 valence electrons. The smallest absolute Gasteiger partial charge is 0.256 e. The Morgan fingerprint density at radius 2 is 1.81 bits per heavy atom. The number of piperazine rings is 1. The Kier molecular flexibility index (Phi) is 12.8. The van der Waals surface area contributed by atoms with Crippen molar-refractivity contribution in [1.82, 2.24) is 29.9 Å². The van der Waals surface area contributed by atoms with Crippen molar-refractivity contribution in [3.05, 3.63) is 110 Å². The van der Waals surface area contributed by atoms with Crippen LogP contribution >= 0.6 is 23.2 Å². The van der Waals surface area contributed by atoms with Crippen molar-refractivity contribution in [2.75, 3.05) is 38.2 Å². The quantitative estimate of drug-likeness (QED) is 0.112. The minimum absolute atomic E-state index is 0.0143. The predicted octanol–water partition coefficient (Wildman–Crippen LogP) is 7.45. The fraction of sp³-hybridized carbons (Fsp3) is 0.395. The van der Waals surface area contributed by atoms with Gasteiger partial charge in [0, 0.05) is 81.4 Å². The van der Waals surface area contributed by atoms with Crippen molar-refractivity contribution in [1.29, 1.82) is 0 Å². The number of nitrogens with one attached hydrogen (secondary N) is 2. The maximum absolute atomic E-state index is 15.8. The monoisotopic (exact) mass is 814 g/mol. The summed E-state index contributed by atoms with van der Waals surface area (Å²) in [6, 6.07) is 16.2. The molecule has 2 saturated heterocycles. The van der Waals surface area contributed by atoms with Gasteiger partial charge in [0.05, 0.1) is 45.0 Å². The number of pyridine rings is 1. The number of nitrogens with zero attached hydrogens (tertiary/aromatic N) is 5. The Hall–Kier alpha value is -4.59. The van der Waals surface area contributed by atoms with E-state index in [1.807, 2.05) is 42.9 Å². The number of ether oxygens (including phenoxy) is 1. The summed E-state index contributed by atoms with van der Waals surface area (Å²) in [6.07, 6.45) is 4.06. The number of rotatable bonds is 13. The molecular formula is C43H49Cl2FN8O3. The maximum atomic E-state index is 15.8. The minimum Gasteiger partial charge on any atom is -0.381 e. The van der Waals surface area contributed by atoms with E-state index in [-0.39, 0.29) is 46.1 Å². The van der Waals surface area contributed by atoms with Gasteiger partial charge in [0.1, 0.15) is 5.82 Å². The lowest BCUT2D eigenvalue weighted by Crippen LogP contribution is -2.48. The highest BCUT2D eigenvalue weighted by Gasteiger charge is 2.28. The molecule has 0 bridgehead atoms. The first kappa shape index (κ1) is 40.6. The summed E-state index contributed by atoms with van der Waals surface area (Å²) in [5.41, 5.74) is 12.0. The zero-order valence-corrected chi connectivity index (χ0v) is 34.1. The van der Waals surface area contributed by atoms with E-state index in [4.69, 9.17) is 38.7 Å². The number of nitrogens with two attached hydrogens (primary N) is 1. The molecule has 4 N–H and O–H groups in total. The molecule has 0 aliphatic carbocycles. The Bertz CT molecular complexity index is 2280. The van der Waals surface area contributed by atoms with Crippen LogP contribution in [0.4, 0.5) is 10.1 Å². The summed E-state index contributed by atoms with van der Waals surface area (Å²) >= 11 is 13.2. The number of aromatic nitrogens is 3. The van der Waals surface area contributed by atoms with Gasteiger partial charge in [-0.05, 0) is 80.1 Å². The zero-order valence-electron chi connectivity index (χ0n) is 32.6. The summed E-state index contributed by atoms with van der Waals surface area (Å²) in [6.45, 7) is 12.0. The molecule has 2 fully saturated rings. The number of carbonyl (C=O) groups is 2. The van der Waals surface area contributed by atoms with E-state index in [1.54, 1.807) is 17.0 Å². The van der Waals surface area contributed by atoms with Crippen LogP contribution in [0.5, 0.6) is 0 Å². The van der Waals surface area contributed by atoms with Crippen molar-refractivity contribution < 1.29 is 18.7 Å². The lowest BCUT2D eigenvalue weighted by atomic mass is 9.99. The third-order valence-electron chi connectivity index (χ3n) is 10.9. The number of fused-ring (bicyclic) bond motifs is 1. The number of carbonyl (C=O) groups excluding carboxylic acids is 2. The summed E-state index contributed by atoms with van der Waals surface area (Å²) in [5.74, 6) is -1.55. The van der Waals surface area contributed by atoms with E-state index in [0.717, 1.165) is 78.1 Å². The molecule has 3 aromatic carbocycles. The number of benzene rings is 3. The standard InChI is InChI=1S/C43H49Cl2FN8O3/c1-4-39-35(40(50-30-11-15-57-16-12-30)34-21-49-54(5-2)42(34)51-39)25-53(43(56)33-20-36(44)32(41(47)55)19-37(33)45)24-28-9-10-38(46)31(18-28)29-8-6-7-27(17-29)23-52-14-13-48-26(3)22-52/h6-10,17-21,26,30,48H,4-5,11-16,22-25H2,1-3H3,(H2,47,55)(H,50,51)/t26-/m0/s1. The fourth-order valence-corrected chi connectivity index (χ4v) is 8.41. The SMILES string of the molecule is CCc1nc2c(cnn2CC)c(NC2CCOCC2)c1CN(Cc1ccc(F)c(-c2cccc(CN3CCN[C@@H](C)C3)c2)c1)C(=O)c1cc(Cl)c(C(N)=O)cc1Cl. The minimum atomic E-state index is -0.758. The Morgan fingerprint density at radius 3 is 2.54 bits per heavy atom. The van der Waals surface area contributed by atoms with Crippen LogP contribution in [-0.4, -0.2) is 81.3 Å². The Labute approximate surface area is 342 Å². The fourth-order valence-electron chi connectivity index (χ4n) is 7.90. The second-order valence-corrected chi connectivity index (χ2v) is 15.8. The molecule has 5 aromatic rings. The third-order valence-corrected chi connectivity index (χ3v) is 11.5. The topological polar surface area (TPSA) is 131 Å². The molecule has 0 radical (unpaired) electrons. The van der Waals surface area contributed by atoms with Gasteiger partial charge in [0.15, 0.2) is 5.65 Å². The molecule has 2 amide bonds. The van der Waals surface area contributed by atoms with E-state index in [2.05, 4.69) is 33.6 Å². The van der Waals surface area contributed by atoms with Crippen LogP contribution in [0.2, 0.25) is 10.0 Å². The van der Waals surface area contributed by atoms with Gasteiger partial charge in [-0.1, -0.05) is 54.4 Å². The van der Waals surface area contributed by atoms with Crippen LogP contribution in [0.25, 0.3) is 22.2 Å². The number of hydrogen-bond donors (Lipinski definition) is 3. The van der Waals surface area contributed by atoms with Crippen LogP contribution in [0.1, 0.15) is 76.7 Å². The summed E-state index contributed by atoms with van der Waals surface area (Å²) in [4.78, 5) is 36.1. The van der Waals surface area contributed by atoms with Crippen LogP contribution in [0, 0.1) is 5.82 Å². The van der Waals surface area contributed by atoms with E-state index in [0.29, 0.717) is 43.3 Å². The molecule has 0 saturated carbocycles. The number of primary amides is 1. The first-order chi connectivity index (χ1) is 27.5. The Balaban J connectivity index is 1.29. The first-order valence-electron chi connectivity index (χ1n) is 19.7. The summed E-state index contributed by atoms with van der Waals surface area (Å²) in [7, 11) is 0. The van der Waals surface area contributed by atoms with Crippen molar-refractivity contribution in [3.63, 3.8) is 0 Å².